The molecule has 0 N–H and O–H groups in total. The van der Waals surface area contributed by atoms with Gasteiger partial charge in [-0.2, -0.15) is 9.97 Å². The highest BCUT2D eigenvalue weighted by atomic mass is 16.3. The van der Waals surface area contributed by atoms with Crippen LogP contribution in [0.15, 0.2) is 192 Å². The van der Waals surface area contributed by atoms with Crippen molar-refractivity contribution in [1.29, 1.82) is 0 Å². The number of nitrogens with zero attached hydrogens (tertiary/aromatic N) is 5. The van der Waals surface area contributed by atoms with Gasteiger partial charge in [0.05, 0.1) is 34.5 Å². The average molecular weight is 735 g/mol. The van der Waals surface area contributed by atoms with Crippen LogP contribution >= 0.6 is 0 Å². The number of benzene rings is 8. The Morgan fingerprint density at radius 2 is 1.04 bits per heavy atom. The Balaban J connectivity index is 1.09. The van der Waals surface area contributed by atoms with Gasteiger partial charge in [-0.05, 0) is 53.6 Å². The number of furan rings is 1. The van der Waals surface area contributed by atoms with Crippen LogP contribution < -0.4 is 0 Å². The zero-order valence-corrected chi connectivity index (χ0v) is 30.2. The lowest BCUT2D eigenvalue weighted by Gasteiger charge is -2.11. The van der Waals surface area contributed by atoms with Crippen LogP contribution in [0.2, 0.25) is 0 Å². The number of para-hydroxylation sites is 4. The van der Waals surface area contributed by atoms with Crippen molar-refractivity contribution < 1.29 is 11.3 Å². The molecule has 0 bridgehead atoms. The molecule has 0 radical (unpaired) electrons. The number of fused-ring (bicyclic) bond motifs is 9. The van der Waals surface area contributed by atoms with Gasteiger partial charge in [0, 0.05) is 49.6 Å². The molecule has 0 atom stereocenters. The van der Waals surface area contributed by atoms with Gasteiger partial charge in [0.15, 0.2) is 11.6 Å². The van der Waals surface area contributed by atoms with E-state index in [2.05, 4.69) is 89.5 Å². The molecule has 0 unspecified atom stereocenters. The van der Waals surface area contributed by atoms with Crippen LogP contribution in [0.3, 0.4) is 0 Å². The average Bonchev–Trinajstić information content (AvgIpc) is 3.97. The third-order valence-corrected chi connectivity index (χ3v) is 10.9. The molecule has 6 heteroatoms. The Labute approximate surface area is 333 Å². The molecule has 0 aliphatic heterocycles. The van der Waals surface area contributed by atoms with E-state index >= 15 is 0 Å². The minimum atomic E-state index is -0.496. The monoisotopic (exact) mass is 734 g/mol. The van der Waals surface area contributed by atoms with E-state index in [4.69, 9.17) is 26.2 Å². The molecule has 0 amide bonds. The first-order valence-electron chi connectivity index (χ1n) is 21.2. The molecule has 0 saturated heterocycles. The summed E-state index contributed by atoms with van der Waals surface area (Å²) in [5, 5.41) is 6.03. The van der Waals surface area contributed by atoms with Crippen LogP contribution in [0.4, 0.5) is 0 Å². The first-order chi connectivity index (χ1) is 30.3. The van der Waals surface area contributed by atoms with E-state index < -0.39 is 30.2 Å². The largest absolute Gasteiger partial charge is 0.455 e. The van der Waals surface area contributed by atoms with Crippen LogP contribution in [0.5, 0.6) is 0 Å². The lowest BCUT2D eigenvalue weighted by Crippen LogP contribution is -2.06. The Hall–Kier alpha value is -7.83. The minimum absolute atomic E-state index is 0.0551. The van der Waals surface area contributed by atoms with Crippen molar-refractivity contribution in [3.05, 3.63) is 188 Å². The van der Waals surface area contributed by atoms with Crippen LogP contribution in [0.1, 0.15) is 6.85 Å². The second-order valence-corrected chi connectivity index (χ2v) is 14.1. The third kappa shape index (κ3) is 4.87. The molecule has 0 aliphatic carbocycles. The molecule has 57 heavy (non-hydrogen) atoms. The van der Waals surface area contributed by atoms with Crippen molar-refractivity contribution in [2.24, 2.45) is 0 Å². The molecule has 0 spiro atoms. The topological polar surface area (TPSA) is 61.7 Å². The highest BCUT2D eigenvalue weighted by Gasteiger charge is 2.21. The van der Waals surface area contributed by atoms with Crippen molar-refractivity contribution in [2.45, 2.75) is 0 Å². The van der Waals surface area contributed by atoms with Crippen molar-refractivity contribution in [3.63, 3.8) is 0 Å². The summed E-state index contributed by atoms with van der Waals surface area (Å²) in [5.41, 5.74) is 8.68. The highest BCUT2D eigenvalue weighted by molar-refractivity contribution is 6.12. The smallest absolute Gasteiger partial charge is 0.238 e. The van der Waals surface area contributed by atoms with Gasteiger partial charge >= 0.3 is 0 Å². The molecule has 6 nitrogen and oxygen atoms in total. The van der Waals surface area contributed by atoms with E-state index in [9.17, 15) is 0 Å². The van der Waals surface area contributed by atoms with Gasteiger partial charge in [0.1, 0.15) is 11.2 Å². The Morgan fingerprint density at radius 3 is 1.77 bits per heavy atom. The normalized spacial score (nSPS) is 13.1. The summed E-state index contributed by atoms with van der Waals surface area (Å²) < 4.78 is 54.1. The standard InChI is InChI=1S/C51H31N5O/c1-3-14-32(15-4-1)34-26-28-39-38-20-7-10-23-43(38)55(46(39)30-34)35-27-29-40-41-21-13-22-42(48(41)57-47(40)31-35)50-52-49(33-16-5-2-6-17-33)53-51(54-50)56-44-24-11-8-18-36(44)37-19-9-12-25-45(37)56/h1-31H/i2D,5D,6D,16D,17D. The molecule has 4 aromatic heterocycles. The molecule has 266 valence electrons. The SMILES string of the molecule is [2H]c1c([2H])c([2H])c(-c2nc(-c3cccc4c3oc3cc(-n5c6ccccc6c6ccc(-c7ccccc7)cc65)ccc34)nc(-n3c4ccccc4c4ccccc43)n2)c([2H])c1[2H]. The summed E-state index contributed by atoms with van der Waals surface area (Å²) in [6.07, 6.45) is 0. The Kier molecular flexibility index (Phi) is 5.82. The molecule has 12 aromatic rings. The van der Waals surface area contributed by atoms with E-state index in [1.165, 1.54) is 0 Å². The maximum absolute atomic E-state index is 8.89. The summed E-state index contributed by atoms with van der Waals surface area (Å²) >= 11 is 0. The number of hydrogen-bond donors (Lipinski definition) is 0. The summed E-state index contributed by atoms with van der Waals surface area (Å²) in [6.45, 7) is 0. The quantitative estimate of drug-likeness (QED) is 0.177. The molecule has 0 saturated carbocycles. The Bertz CT molecular complexity index is 3750. The van der Waals surface area contributed by atoms with Gasteiger partial charge in [-0.3, -0.25) is 4.57 Å². The lowest BCUT2D eigenvalue weighted by atomic mass is 10.0. The number of rotatable bonds is 5. The summed E-state index contributed by atoms with van der Waals surface area (Å²) in [6, 6.07) is 51.1. The predicted octanol–water partition coefficient (Wildman–Crippen LogP) is 13.0. The van der Waals surface area contributed by atoms with Crippen LogP contribution in [0.25, 0.3) is 111 Å². The summed E-state index contributed by atoms with van der Waals surface area (Å²) in [5.74, 6) is 0.394. The van der Waals surface area contributed by atoms with E-state index in [1.807, 2.05) is 77.4 Å². The van der Waals surface area contributed by atoms with Gasteiger partial charge in [0.25, 0.3) is 0 Å². The Morgan fingerprint density at radius 1 is 0.421 bits per heavy atom. The number of hydrogen-bond acceptors (Lipinski definition) is 4. The van der Waals surface area contributed by atoms with Crippen LogP contribution in [0, 0.1) is 0 Å². The van der Waals surface area contributed by atoms with Crippen molar-refractivity contribution in [2.75, 3.05) is 0 Å². The highest BCUT2D eigenvalue weighted by Crippen LogP contribution is 2.40. The zero-order valence-electron chi connectivity index (χ0n) is 35.2. The van der Waals surface area contributed by atoms with E-state index in [0.717, 1.165) is 71.2 Å². The van der Waals surface area contributed by atoms with Gasteiger partial charge < -0.3 is 8.98 Å². The third-order valence-electron chi connectivity index (χ3n) is 10.9. The predicted molar refractivity (Wildman–Crippen MR) is 232 cm³/mol. The van der Waals surface area contributed by atoms with Crippen molar-refractivity contribution >= 4 is 65.6 Å². The molecule has 4 heterocycles. The fourth-order valence-corrected chi connectivity index (χ4v) is 8.36. The summed E-state index contributed by atoms with van der Waals surface area (Å²) in [4.78, 5) is 14.9. The van der Waals surface area contributed by atoms with E-state index in [-0.39, 0.29) is 23.2 Å². The maximum Gasteiger partial charge on any atom is 0.238 e. The van der Waals surface area contributed by atoms with E-state index in [1.54, 1.807) is 0 Å². The molecule has 0 fully saturated rings. The van der Waals surface area contributed by atoms with Gasteiger partial charge in [-0.15, -0.1) is 0 Å². The molecular formula is C51H31N5O. The molecule has 12 rings (SSSR count). The van der Waals surface area contributed by atoms with Crippen molar-refractivity contribution in [3.8, 4) is 45.5 Å². The minimum Gasteiger partial charge on any atom is -0.455 e. The number of aromatic nitrogens is 5. The molecule has 8 aromatic carbocycles. The van der Waals surface area contributed by atoms with Crippen molar-refractivity contribution in [1.82, 2.24) is 24.1 Å². The maximum atomic E-state index is 8.89. The molecular weight excluding hydrogens is 699 g/mol. The summed E-state index contributed by atoms with van der Waals surface area (Å²) in [7, 11) is 0. The second kappa shape index (κ2) is 12.3. The fraction of sp³-hybridized carbons (Fsp3) is 0. The van der Waals surface area contributed by atoms with E-state index in [0.29, 0.717) is 16.7 Å². The van der Waals surface area contributed by atoms with Gasteiger partial charge in [-0.1, -0.05) is 139 Å². The fourth-order valence-electron chi connectivity index (χ4n) is 8.36. The van der Waals surface area contributed by atoms with Crippen LogP contribution in [-0.2, 0) is 0 Å². The first kappa shape index (κ1) is 26.9. The lowest BCUT2D eigenvalue weighted by molar-refractivity contribution is 0.669. The second-order valence-electron chi connectivity index (χ2n) is 14.1. The van der Waals surface area contributed by atoms with Crippen LogP contribution in [-0.4, -0.2) is 24.1 Å². The first-order valence-corrected chi connectivity index (χ1v) is 18.7. The molecule has 0 aliphatic rings. The zero-order chi connectivity index (χ0) is 41.8. The van der Waals surface area contributed by atoms with Gasteiger partial charge in [0.2, 0.25) is 5.95 Å². The van der Waals surface area contributed by atoms with Gasteiger partial charge in [-0.25, -0.2) is 4.98 Å².